The zero-order chi connectivity index (χ0) is 15.2. The van der Waals surface area contributed by atoms with Gasteiger partial charge in [-0.2, -0.15) is 0 Å². The Hall–Kier alpha value is -1.98. The Morgan fingerprint density at radius 2 is 2.05 bits per heavy atom. The zero-order valence-electron chi connectivity index (χ0n) is 11.6. The number of furan rings is 1. The van der Waals surface area contributed by atoms with E-state index in [0.717, 1.165) is 15.9 Å². The molecule has 0 bridgehead atoms. The number of nitrogens with zero attached hydrogens (tertiary/aromatic N) is 1. The molecule has 0 unspecified atom stereocenters. The van der Waals surface area contributed by atoms with Crippen LogP contribution in [0.4, 0.5) is 0 Å². The number of rotatable bonds is 4. The van der Waals surface area contributed by atoms with Gasteiger partial charge < -0.3 is 4.42 Å². The van der Waals surface area contributed by atoms with Gasteiger partial charge in [0, 0.05) is 5.75 Å². The summed E-state index contributed by atoms with van der Waals surface area (Å²) in [7, 11) is 0. The van der Waals surface area contributed by atoms with Gasteiger partial charge in [0.05, 0.1) is 6.26 Å². The first-order valence-corrected chi connectivity index (χ1v) is 8.51. The number of carbonyl (C=O) groups excluding carboxylic acids is 1. The fraction of sp³-hybridized carbons (Fsp3) is 0.0588. The first kappa shape index (κ1) is 14.9. The van der Waals surface area contributed by atoms with Gasteiger partial charge in [0.15, 0.2) is 0 Å². The van der Waals surface area contributed by atoms with Crippen molar-refractivity contribution in [1.29, 1.82) is 0 Å². The van der Waals surface area contributed by atoms with E-state index in [4.69, 9.17) is 4.42 Å². The van der Waals surface area contributed by atoms with Crippen molar-refractivity contribution in [3.05, 3.63) is 77.9 Å². The van der Waals surface area contributed by atoms with Crippen LogP contribution in [0.15, 0.2) is 76.0 Å². The third kappa shape index (κ3) is 4.02. The van der Waals surface area contributed by atoms with Crippen LogP contribution in [0.3, 0.4) is 0 Å². The molecule has 110 valence electrons. The number of thioether (sulfide) groups is 2. The molecule has 22 heavy (non-hydrogen) atoms. The molecule has 5 heteroatoms. The minimum absolute atomic E-state index is 0.0142. The summed E-state index contributed by atoms with van der Waals surface area (Å²) in [6, 6.07) is 13.8. The lowest BCUT2D eigenvalue weighted by atomic mass is 10.2. The van der Waals surface area contributed by atoms with Crippen molar-refractivity contribution in [3.8, 4) is 0 Å². The molecule has 0 saturated heterocycles. The van der Waals surface area contributed by atoms with Crippen LogP contribution in [0.5, 0.6) is 0 Å². The lowest BCUT2D eigenvalue weighted by Gasteiger charge is -1.98. The second-order valence-electron chi connectivity index (χ2n) is 4.47. The molecule has 1 aromatic carbocycles. The van der Waals surface area contributed by atoms with Gasteiger partial charge >= 0.3 is 0 Å². The van der Waals surface area contributed by atoms with E-state index in [1.165, 1.54) is 17.3 Å². The normalized spacial score (nSPS) is 16.6. The van der Waals surface area contributed by atoms with E-state index in [9.17, 15) is 4.79 Å². The lowest BCUT2D eigenvalue weighted by Crippen LogP contribution is -1.87. The van der Waals surface area contributed by atoms with Crippen molar-refractivity contribution in [2.45, 2.75) is 5.75 Å². The van der Waals surface area contributed by atoms with E-state index in [-0.39, 0.29) is 5.12 Å². The average Bonchev–Trinajstić information content (AvgIpc) is 3.17. The highest BCUT2D eigenvalue weighted by Gasteiger charge is 2.21. The van der Waals surface area contributed by atoms with Crippen molar-refractivity contribution in [2.24, 2.45) is 4.99 Å². The van der Waals surface area contributed by atoms with Gasteiger partial charge in [0.1, 0.15) is 15.8 Å². The molecule has 1 aliphatic heterocycles. The molecule has 0 atom stereocenters. The molecule has 2 aromatic rings. The van der Waals surface area contributed by atoms with Crippen molar-refractivity contribution in [1.82, 2.24) is 0 Å². The summed E-state index contributed by atoms with van der Waals surface area (Å²) in [5, 5.41) is -0.0142. The minimum Gasteiger partial charge on any atom is -0.465 e. The van der Waals surface area contributed by atoms with Gasteiger partial charge in [-0.05, 0) is 41.6 Å². The van der Waals surface area contributed by atoms with E-state index >= 15 is 0 Å². The maximum absolute atomic E-state index is 11.9. The standard InChI is InChI=1S/C17H13NO2S2/c19-16-15(10-4-8-14-9-5-11-20-14)18-17(22-16)21-12-13-6-2-1-3-7-13/h1-11H,12H2/b8-4+,15-10+. The SMILES string of the molecule is O=C1SC(SCc2ccccc2)=N/C1=C/C=C/c1ccco1. The van der Waals surface area contributed by atoms with Crippen LogP contribution in [0, 0.1) is 0 Å². The van der Waals surface area contributed by atoms with Crippen molar-refractivity contribution >= 4 is 39.1 Å². The topological polar surface area (TPSA) is 42.6 Å². The summed E-state index contributed by atoms with van der Waals surface area (Å²) in [6.07, 6.45) is 6.91. The summed E-state index contributed by atoms with van der Waals surface area (Å²) in [4.78, 5) is 16.3. The molecule has 0 fully saturated rings. The Morgan fingerprint density at radius 3 is 2.82 bits per heavy atom. The molecule has 0 saturated carbocycles. The van der Waals surface area contributed by atoms with Gasteiger partial charge in [0.25, 0.3) is 0 Å². The number of hydrogen-bond donors (Lipinski definition) is 0. The molecular weight excluding hydrogens is 314 g/mol. The lowest BCUT2D eigenvalue weighted by molar-refractivity contribution is -0.107. The maximum atomic E-state index is 11.9. The summed E-state index contributed by atoms with van der Waals surface area (Å²) >= 11 is 2.77. The molecule has 1 aromatic heterocycles. The van der Waals surface area contributed by atoms with Crippen LogP contribution in [0.2, 0.25) is 0 Å². The minimum atomic E-state index is -0.0142. The van der Waals surface area contributed by atoms with Gasteiger partial charge in [-0.25, -0.2) is 4.99 Å². The fourth-order valence-corrected chi connectivity index (χ4v) is 3.61. The van der Waals surface area contributed by atoms with E-state index in [1.54, 1.807) is 36.3 Å². The van der Waals surface area contributed by atoms with Crippen LogP contribution in [0.25, 0.3) is 6.08 Å². The fourth-order valence-electron chi connectivity index (χ4n) is 1.80. The predicted octanol–water partition coefficient (Wildman–Crippen LogP) is 4.74. The Balaban J connectivity index is 1.61. The van der Waals surface area contributed by atoms with Gasteiger partial charge in [-0.15, -0.1) is 0 Å². The van der Waals surface area contributed by atoms with Crippen LogP contribution in [0.1, 0.15) is 11.3 Å². The smallest absolute Gasteiger partial charge is 0.244 e. The van der Waals surface area contributed by atoms with Crippen LogP contribution in [-0.2, 0) is 10.5 Å². The van der Waals surface area contributed by atoms with Crippen molar-refractivity contribution < 1.29 is 9.21 Å². The molecule has 0 amide bonds. The largest absolute Gasteiger partial charge is 0.465 e. The predicted molar refractivity (Wildman–Crippen MR) is 93.6 cm³/mol. The molecule has 0 radical (unpaired) electrons. The van der Waals surface area contributed by atoms with Gasteiger partial charge in [0.2, 0.25) is 5.12 Å². The second kappa shape index (κ2) is 7.33. The molecule has 0 N–H and O–H groups in total. The number of hydrogen-bond acceptors (Lipinski definition) is 5. The quantitative estimate of drug-likeness (QED) is 0.761. The number of benzene rings is 1. The summed E-state index contributed by atoms with van der Waals surface area (Å²) < 4.78 is 5.99. The molecule has 3 nitrogen and oxygen atoms in total. The summed E-state index contributed by atoms with van der Waals surface area (Å²) in [6.45, 7) is 0. The zero-order valence-corrected chi connectivity index (χ0v) is 13.3. The van der Waals surface area contributed by atoms with Crippen molar-refractivity contribution in [3.63, 3.8) is 0 Å². The number of allylic oxidation sites excluding steroid dienone is 2. The van der Waals surface area contributed by atoms with E-state index in [1.807, 2.05) is 30.3 Å². The van der Waals surface area contributed by atoms with Crippen molar-refractivity contribution in [2.75, 3.05) is 0 Å². The molecule has 1 aliphatic rings. The monoisotopic (exact) mass is 327 g/mol. The average molecular weight is 327 g/mol. The highest BCUT2D eigenvalue weighted by molar-refractivity contribution is 8.45. The van der Waals surface area contributed by atoms with Gasteiger partial charge in [-0.3, -0.25) is 4.79 Å². The summed E-state index contributed by atoms with van der Waals surface area (Å²) in [5.74, 6) is 1.56. The van der Waals surface area contributed by atoms with E-state index in [2.05, 4.69) is 17.1 Å². The molecular formula is C17H13NO2S2. The Labute approximate surface area is 137 Å². The van der Waals surface area contributed by atoms with Crippen LogP contribution >= 0.6 is 23.5 Å². The van der Waals surface area contributed by atoms with Gasteiger partial charge in [-0.1, -0.05) is 48.2 Å². The third-order valence-corrected chi connectivity index (χ3v) is 4.94. The first-order valence-electron chi connectivity index (χ1n) is 6.71. The number of aliphatic imine (C=N–C) groups is 1. The summed E-state index contributed by atoms with van der Waals surface area (Å²) in [5.41, 5.74) is 1.70. The highest BCUT2D eigenvalue weighted by atomic mass is 32.2. The molecule has 0 spiro atoms. The molecule has 0 aliphatic carbocycles. The first-order chi connectivity index (χ1) is 10.8. The van der Waals surface area contributed by atoms with E-state index < -0.39 is 0 Å². The Bertz CT molecular complexity index is 731. The third-order valence-electron chi connectivity index (χ3n) is 2.86. The second-order valence-corrected chi connectivity index (χ2v) is 6.65. The molecule has 3 rings (SSSR count). The Morgan fingerprint density at radius 1 is 1.18 bits per heavy atom. The molecule has 2 heterocycles. The Kier molecular flexibility index (Phi) is 4.98. The highest BCUT2D eigenvalue weighted by Crippen LogP contribution is 2.31. The number of carbonyl (C=O) groups is 1. The van der Waals surface area contributed by atoms with Crippen LogP contribution in [-0.4, -0.2) is 9.49 Å². The maximum Gasteiger partial charge on any atom is 0.244 e. The van der Waals surface area contributed by atoms with E-state index in [0.29, 0.717) is 5.70 Å². The van der Waals surface area contributed by atoms with Crippen LogP contribution < -0.4 is 0 Å².